The molecule has 1 aliphatic rings. The lowest BCUT2D eigenvalue weighted by atomic mass is 10.0. The first-order valence-electron chi connectivity index (χ1n) is 8.15. The van der Waals surface area contributed by atoms with Crippen LogP contribution in [0.3, 0.4) is 0 Å². The van der Waals surface area contributed by atoms with Gasteiger partial charge in [-0.05, 0) is 29.7 Å². The fraction of sp³-hybridized carbons (Fsp3) is 0.389. The van der Waals surface area contributed by atoms with Crippen molar-refractivity contribution in [3.8, 4) is 0 Å². The van der Waals surface area contributed by atoms with E-state index in [2.05, 4.69) is 10.6 Å². The standard InChI is InChI=1S/C18H19Cl3N2O2/c19-18(20,21)17(22-11-13-7-4-10-25-13)23-16(24)15-9-3-6-12-5-1-2-8-14(12)15/h1-3,5-6,8-9,13,17,22H,4,7,10-11H2,(H,23,24)/t13-,17-/m0/s1. The minimum atomic E-state index is -1.68. The Morgan fingerprint density at radius 2 is 1.96 bits per heavy atom. The van der Waals surface area contributed by atoms with Gasteiger partial charge in [0.15, 0.2) is 0 Å². The van der Waals surface area contributed by atoms with Crippen molar-refractivity contribution in [1.29, 1.82) is 0 Å². The van der Waals surface area contributed by atoms with Crippen LogP contribution in [0.4, 0.5) is 0 Å². The molecule has 1 aliphatic heterocycles. The van der Waals surface area contributed by atoms with Crippen LogP contribution in [-0.2, 0) is 4.74 Å². The van der Waals surface area contributed by atoms with E-state index in [1.807, 2.05) is 36.4 Å². The van der Waals surface area contributed by atoms with Gasteiger partial charge in [0.05, 0.1) is 6.10 Å². The van der Waals surface area contributed by atoms with Gasteiger partial charge in [0.1, 0.15) is 6.17 Å². The van der Waals surface area contributed by atoms with Crippen molar-refractivity contribution >= 4 is 51.5 Å². The van der Waals surface area contributed by atoms with Gasteiger partial charge in [-0.15, -0.1) is 0 Å². The molecule has 2 atom stereocenters. The molecule has 1 heterocycles. The first-order chi connectivity index (χ1) is 11.9. The molecular formula is C18H19Cl3N2O2. The fourth-order valence-corrected chi connectivity index (χ4v) is 3.33. The number of alkyl halides is 3. The summed E-state index contributed by atoms with van der Waals surface area (Å²) in [5.74, 6) is -0.298. The predicted octanol–water partition coefficient (Wildman–Crippen LogP) is 4.03. The molecule has 1 fully saturated rings. The van der Waals surface area contributed by atoms with Gasteiger partial charge in [0.2, 0.25) is 3.79 Å². The Balaban J connectivity index is 1.74. The molecule has 25 heavy (non-hydrogen) atoms. The van der Waals surface area contributed by atoms with Gasteiger partial charge in [-0.1, -0.05) is 71.2 Å². The minimum absolute atomic E-state index is 0.0734. The largest absolute Gasteiger partial charge is 0.377 e. The van der Waals surface area contributed by atoms with Crippen LogP contribution in [0.2, 0.25) is 0 Å². The van der Waals surface area contributed by atoms with Crippen LogP contribution in [0, 0.1) is 0 Å². The van der Waals surface area contributed by atoms with Crippen LogP contribution in [0.15, 0.2) is 42.5 Å². The third-order valence-electron chi connectivity index (χ3n) is 4.21. The van der Waals surface area contributed by atoms with Crippen molar-refractivity contribution in [2.24, 2.45) is 0 Å². The number of ether oxygens (including phenoxy) is 1. The Morgan fingerprint density at radius 3 is 2.68 bits per heavy atom. The van der Waals surface area contributed by atoms with Crippen LogP contribution >= 0.6 is 34.8 Å². The Kier molecular flexibility index (Phi) is 6.08. The molecule has 1 amide bonds. The number of rotatable bonds is 5. The Hall–Kier alpha value is -1.04. The summed E-state index contributed by atoms with van der Waals surface area (Å²) in [6, 6.07) is 13.2. The van der Waals surface area contributed by atoms with Gasteiger partial charge < -0.3 is 10.1 Å². The number of fused-ring (bicyclic) bond motifs is 1. The van der Waals surface area contributed by atoms with Gasteiger partial charge in [0, 0.05) is 18.7 Å². The molecule has 0 radical (unpaired) electrons. The summed E-state index contributed by atoms with van der Waals surface area (Å²) in [5.41, 5.74) is 0.538. The number of halogens is 3. The highest BCUT2D eigenvalue weighted by Crippen LogP contribution is 2.30. The normalized spacial score (nSPS) is 19.1. The quantitative estimate of drug-likeness (QED) is 0.587. The number of hydrogen-bond donors (Lipinski definition) is 2. The molecule has 0 saturated carbocycles. The maximum absolute atomic E-state index is 12.8. The zero-order valence-corrected chi connectivity index (χ0v) is 15.7. The van der Waals surface area contributed by atoms with E-state index in [1.54, 1.807) is 6.07 Å². The highest BCUT2D eigenvalue weighted by atomic mass is 35.6. The Bertz CT molecular complexity index is 737. The monoisotopic (exact) mass is 400 g/mol. The molecule has 0 aliphatic carbocycles. The summed E-state index contributed by atoms with van der Waals surface area (Å²) in [6.45, 7) is 1.25. The highest BCUT2D eigenvalue weighted by molar-refractivity contribution is 6.68. The summed E-state index contributed by atoms with van der Waals surface area (Å²) in [4.78, 5) is 12.8. The molecule has 2 N–H and O–H groups in total. The van der Waals surface area contributed by atoms with E-state index in [0.29, 0.717) is 12.1 Å². The van der Waals surface area contributed by atoms with Crippen LogP contribution in [-0.4, -0.2) is 35.1 Å². The number of benzene rings is 2. The average Bonchev–Trinajstić information content (AvgIpc) is 3.10. The molecule has 7 heteroatoms. The summed E-state index contributed by atoms with van der Waals surface area (Å²) in [5, 5.41) is 7.72. The van der Waals surface area contributed by atoms with Gasteiger partial charge in [0.25, 0.3) is 5.91 Å². The fourth-order valence-electron chi connectivity index (χ4n) is 2.94. The SMILES string of the molecule is O=C(N[C@H](NC[C@@H]1CCCO1)C(Cl)(Cl)Cl)c1cccc2ccccc12. The summed E-state index contributed by atoms with van der Waals surface area (Å²) < 4.78 is 3.88. The van der Waals surface area contributed by atoms with Crippen LogP contribution in [0.1, 0.15) is 23.2 Å². The molecule has 134 valence electrons. The van der Waals surface area contributed by atoms with Crippen molar-refractivity contribution in [3.63, 3.8) is 0 Å². The summed E-state index contributed by atoms with van der Waals surface area (Å²) >= 11 is 18.1. The number of amides is 1. The van der Waals surface area contributed by atoms with E-state index in [-0.39, 0.29) is 12.0 Å². The van der Waals surface area contributed by atoms with Crippen molar-refractivity contribution in [3.05, 3.63) is 48.0 Å². The zero-order valence-electron chi connectivity index (χ0n) is 13.5. The van der Waals surface area contributed by atoms with Crippen molar-refractivity contribution in [2.45, 2.75) is 28.9 Å². The van der Waals surface area contributed by atoms with E-state index in [9.17, 15) is 4.79 Å². The first kappa shape index (κ1) is 18.7. The molecule has 0 spiro atoms. The van der Waals surface area contributed by atoms with E-state index in [4.69, 9.17) is 39.5 Å². The van der Waals surface area contributed by atoms with E-state index >= 15 is 0 Å². The average molecular weight is 402 g/mol. The van der Waals surface area contributed by atoms with Crippen LogP contribution in [0.5, 0.6) is 0 Å². The highest BCUT2D eigenvalue weighted by Gasteiger charge is 2.34. The smallest absolute Gasteiger partial charge is 0.253 e. The first-order valence-corrected chi connectivity index (χ1v) is 9.29. The van der Waals surface area contributed by atoms with Crippen molar-refractivity contribution in [1.82, 2.24) is 10.6 Å². The van der Waals surface area contributed by atoms with Crippen LogP contribution < -0.4 is 10.6 Å². The number of carbonyl (C=O) groups is 1. The maximum atomic E-state index is 12.8. The van der Waals surface area contributed by atoms with Gasteiger partial charge in [-0.25, -0.2) is 0 Å². The van der Waals surface area contributed by atoms with E-state index in [0.717, 1.165) is 30.2 Å². The van der Waals surface area contributed by atoms with E-state index in [1.165, 1.54) is 0 Å². The van der Waals surface area contributed by atoms with Crippen LogP contribution in [0.25, 0.3) is 10.8 Å². The molecule has 0 unspecified atom stereocenters. The zero-order chi connectivity index (χ0) is 17.9. The number of nitrogens with one attached hydrogen (secondary N) is 2. The second-order valence-corrected chi connectivity index (χ2v) is 8.39. The predicted molar refractivity (Wildman–Crippen MR) is 102 cm³/mol. The summed E-state index contributed by atoms with van der Waals surface area (Å²) in [7, 11) is 0. The van der Waals surface area contributed by atoms with E-state index < -0.39 is 9.96 Å². The second kappa shape index (κ2) is 8.11. The molecule has 3 rings (SSSR count). The van der Waals surface area contributed by atoms with Crippen molar-refractivity contribution < 1.29 is 9.53 Å². The van der Waals surface area contributed by atoms with Gasteiger partial charge in [-0.2, -0.15) is 0 Å². The molecule has 1 saturated heterocycles. The minimum Gasteiger partial charge on any atom is -0.377 e. The van der Waals surface area contributed by atoms with Gasteiger partial charge in [-0.3, -0.25) is 10.1 Å². The molecule has 0 bridgehead atoms. The lowest BCUT2D eigenvalue weighted by molar-refractivity contribution is 0.0898. The second-order valence-electron chi connectivity index (χ2n) is 6.02. The number of hydrogen-bond acceptors (Lipinski definition) is 3. The van der Waals surface area contributed by atoms with Gasteiger partial charge >= 0.3 is 0 Å². The molecule has 2 aromatic rings. The lowest BCUT2D eigenvalue weighted by Crippen LogP contribution is -2.55. The number of carbonyl (C=O) groups excluding carboxylic acids is 1. The van der Waals surface area contributed by atoms with Crippen molar-refractivity contribution in [2.75, 3.05) is 13.2 Å². The molecule has 4 nitrogen and oxygen atoms in total. The third-order valence-corrected chi connectivity index (χ3v) is 4.87. The maximum Gasteiger partial charge on any atom is 0.253 e. The topological polar surface area (TPSA) is 50.4 Å². The Labute approximate surface area is 161 Å². The molecule has 0 aromatic heterocycles. The Morgan fingerprint density at radius 1 is 1.20 bits per heavy atom. The third kappa shape index (κ3) is 4.78. The molecule has 2 aromatic carbocycles. The molecular weight excluding hydrogens is 383 g/mol. The lowest BCUT2D eigenvalue weighted by Gasteiger charge is -2.28. The summed E-state index contributed by atoms with van der Waals surface area (Å²) in [6.07, 6.45) is 1.22.